The molecule has 0 bridgehead atoms. The Morgan fingerprint density at radius 3 is 2.90 bits per heavy atom. The quantitative estimate of drug-likeness (QED) is 0.883. The van der Waals surface area contributed by atoms with Crippen molar-refractivity contribution in [2.45, 2.75) is 25.4 Å². The van der Waals surface area contributed by atoms with Gasteiger partial charge in [-0.25, -0.2) is 14.4 Å². The molecule has 0 aromatic carbocycles. The van der Waals surface area contributed by atoms with Gasteiger partial charge in [0.1, 0.15) is 12.5 Å². The summed E-state index contributed by atoms with van der Waals surface area (Å²) in [5.41, 5.74) is 3.54. The molecular weight excluding hydrogens is 279 g/mol. The van der Waals surface area contributed by atoms with Crippen LogP contribution in [0.4, 0.5) is 10.2 Å². The molecule has 6 heteroatoms. The second kappa shape index (κ2) is 5.32. The average molecular weight is 293 g/mol. The van der Waals surface area contributed by atoms with Crippen LogP contribution in [0.5, 0.6) is 0 Å². The van der Waals surface area contributed by atoms with Crippen LogP contribution < -0.4 is 5.32 Å². The lowest BCUT2D eigenvalue weighted by molar-refractivity contribution is 0.475. The number of fused-ring (bicyclic) bond motifs is 1. The Morgan fingerprint density at radius 2 is 2.25 bits per heavy atom. The first kappa shape index (κ1) is 13.2. The normalized spacial score (nSPS) is 17.1. The van der Waals surface area contributed by atoms with Crippen molar-refractivity contribution in [1.82, 2.24) is 15.0 Å². The molecule has 1 N–H and O–H groups in total. The summed E-state index contributed by atoms with van der Waals surface area (Å²) in [6, 6.07) is 3.63. The van der Waals surface area contributed by atoms with Gasteiger partial charge in [0.2, 0.25) is 5.28 Å². The third-order valence-corrected chi connectivity index (χ3v) is 3.82. The van der Waals surface area contributed by atoms with Crippen molar-refractivity contribution >= 4 is 17.4 Å². The van der Waals surface area contributed by atoms with Crippen LogP contribution in [-0.2, 0) is 13.1 Å². The minimum Gasteiger partial charge on any atom is -0.373 e. The number of nitrogens with zero attached hydrogens (tertiary/aromatic N) is 3. The summed E-state index contributed by atoms with van der Waals surface area (Å²) in [5.74, 6) is 0.939. The van der Waals surface area contributed by atoms with Crippen molar-refractivity contribution in [3.05, 3.63) is 46.1 Å². The second-order valence-corrected chi connectivity index (χ2v) is 5.10. The number of pyridine rings is 1. The van der Waals surface area contributed by atoms with Crippen LogP contribution in [0.1, 0.15) is 34.9 Å². The van der Waals surface area contributed by atoms with E-state index in [-0.39, 0.29) is 11.2 Å². The summed E-state index contributed by atoms with van der Waals surface area (Å²) in [6.45, 7) is -0.542. The maximum Gasteiger partial charge on any atom is 0.224 e. The van der Waals surface area contributed by atoms with Gasteiger partial charge in [-0.05, 0) is 36.1 Å². The molecule has 2 heterocycles. The summed E-state index contributed by atoms with van der Waals surface area (Å²) in [5, 5.41) is 3.30. The van der Waals surface area contributed by atoms with Gasteiger partial charge in [0.05, 0.1) is 11.4 Å². The number of aromatic nitrogens is 3. The maximum atomic E-state index is 12.5. The lowest BCUT2D eigenvalue weighted by atomic mass is 9.98. The van der Waals surface area contributed by atoms with Gasteiger partial charge in [0.25, 0.3) is 0 Å². The van der Waals surface area contributed by atoms with Crippen LogP contribution in [0, 0.1) is 0 Å². The molecule has 2 aromatic rings. The molecule has 20 heavy (non-hydrogen) atoms. The number of halogens is 2. The summed E-state index contributed by atoms with van der Waals surface area (Å²) in [7, 11) is 1.82. The van der Waals surface area contributed by atoms with Crippen molar-refractivity contribution in [2.24, 2.45) is 0 Å². The first-order valence-corrected chi connectivity index (χ1v) is 6.85. The molecule has 0 saturated heterocycles. The molecule has 0 saturated carbocycles. The Labute approximate surface area is 121 Å². The van der Waals surface area contributed by atoms with Crippen molar-refractivity contribution in [1.29, 1.82) is 0 Å². The molecular formula is C14H14ClFN4. The molecule has 2 aromatic heterocycles. The zero-order chi connectivity index (χ0) is 14.1. The summed E-state index contributed by atoms with van der Waals surface area (Å²) in [6.07, 6.45) is 3.57. The molecule has 0 fully saturated rings. The molecule has 1 aliphatic rings. The van der Waals surface area contributed by atoms with E-state index >= 15 is 0 Å². The smallest absolute Gasteiger partial charge is 0.224 e. The highest BCUT2D eigenvalue weighted by Crippen LogP contribution is 2.39. The SMILES string of the molecule is CNc1nc(Cl)nc2c1CCC2c1ccc(CF)nc1. The molecule has 104 valence electrons. The minimum absolute atomic E-state index is 0.152. The van der Waals surface area contributed by atoms with E-state index in [1.54, 1.807) is 12.3 Å². The highest BCUT2D eigenvalue weighted by atomic mass is 35.5. The van der Waals surface area contributed by atoms with Crippen molar-refractivity contribution < 1.29 is 4.39 Å². The summed E-state index contributed by atoms with van der Waals surface area (Å²) in [4.78, 5) is 12.7. The van der Waals surface area contributed by atoms with E-state index in [9.17, 15) is 4.39 Å². The fourth-order valence-electron chi connectivity index (χ4n) is 2.69. The first-order chi connectivity index (χ1) is 9.72. The highest BCUT2D eigenvalue weighted by molar-refractivity contribution is 6.28. The molecule has 0 aliphatic heterocycles. The molecule has 1 atom stereocenters. The van der Waals surface area contributed by atoms with E-state index in [0.29, 0.717) is 5.69 Å². The Kier molecular flexibility index (Phi) is 3.53. The van der Waals surface area contributed by atoms with Gasteiger partial charge < -0.3 is 5.32 Å². The number of alkyl halides is 1. The van der Waals surface area contributed by atoms with Gasteiger partial charge in [-0.2, -0.15) is 0 Å². The fraction of sp³-hybridized carbons (Fsp3) is 0.357. The highest BCUT2D eigenvalue weighted by Gasteiger charge is 2.29. The van der Waals surface area contributed by atoms with E-state index in [4.69, 9.17) is 11.6 Å². The van der Waals surface area contributed by atoms with E-state index < -0.39 is 6.67 Å². The van der Waals surface area contributed by atoms with E-state index in [0.717, 1.165) is 35.5 Å². The molecule has 1 aliphatic carbocycles. The van der Waals surface area contributed by atoms with Crippen LogP contribution in [0.25, 0.3) is 0 Å². The Hall–Kier alpha value is -1.75. The van der Waals surface area contributed by atoms with Gasteiger partial charge in [0, 0.05) is 24.7 Å². The molecule has 0 radical (unpaired) electrons. The number of nitrogens with one attached hydrogen (secondary N) is 1. The van der Waals surface area contributed by atoms with Crippen LogP contribution in [0.3, 0.4) is 0 Å². The zero-order valence-corrected chi connectivity index (χ0v) is 11.8. The first-order valence-electron chi connectivity index (χ1n) is 6.47. The van der Waals surface area contributed by atoms with E-state index in [1.165, 1.54) is 0 Å². The zero-order valence-electron chi connectivity index (χ0n) is 11.0. The molecule has 0 amide bonds. The standard InChI is InChI=1S/C14H14ClFN4/c1-17-13-11-5-4-10(12(11)19-14(15)20-13)8-2-3-9(6-16)18-7-8/h2-3,7,10H,4-6H2,1H3,(H,17,19,20). The molecule has 1 unspecified atom stereocenters. The van der Waals surface area contributed by atoms with Crippen molar-refractivity contribution in [3.63, 3.8) is 0 Å². The van der Waals surface area contributed by atoms with Crippen LogP contribution in [-0.4, -0.2) is 22.0 Å². The lowest BCUT2D eigenvalue weighted by Crippen LogP contribution is -2.04. The van der Waals surface area contributed by atoms with Gasteiger partial charge in [-0.15, -0.1) is 0 Å². The van der Waals surface area contributed by atoms with Crippen molar-refractivity contribution in [2.75, 3.05) is 12.4 Å². The van der Waals surface area contributed by atoms with Gasteiger partial charge in [-0.1, -0.05) is 6.07 Å². The Balaban J connectivity index is 2.01. The monoisotopic (exact) mass is 292 g/mol. The minimum atomic E-state index is -0.542. The number of hydrogen-bond donors (Lipinski definition) is 1. The Morgan fingerprint density at radius 1 is 1.40 bits per heavy atom. The van der Waals surface area contributed by atoms with Crippen molar-refractivity contribution in [3.8, 4) is 0 Å². The fourth-order valence-corrected chi connectivity index (χ4v) is 2.86. The van der Waals surface area contributed by atoms with Crippen LogP contribution in [0.2, 0.25) is 5.28 Å². The average Bonchev–Trinajstić information content (AvgIpc) is 2.90. The van der Waals surface area contributed by atoms with E-state index in [2.05, 4.69) is 20.3 Å². The summed E-state index contributed by atoms with van der Waals surface area (Å²) < 4.78 is 12.5. The molecule has 0 spiro atoms. The predicted molar refractivity (Wildman–Crippen MR) is 75.8 cm³/mol. The third kappa shape index (κ3) is 2.22. The van der Waals surface area contributed by atoms with Crippen LogP contribution >= 0.6 is 11.6 Å². The maximum absolute atomic E-state index is 12.5. The van der Waals surface area contributed by atoms with Gasteiger partial charge >= 0.3 is 0 Å². The molecule has 4 nitrogen and oxygen atoms in total. The van der Waals surface area contributed by atoms with Gasteiger partial charge in [-0.3, -0.25) is 4.98 Å². The largest absolute Gasteiger partial charge is 0.373 e. The topological polar surface area (TPSA) is 50.7 Å². The number of rotatable bonds is 3. The number of anilines is 1. The summed E-state index contributed by atoms with van der Waals surface area (Å²) >= 11 is 5.98. The lowest BCUT2D eigenvalue weighted by Gasteiger charge is -2.12. The Bertz CT molecular complexity index is 630. The van der Waals surface area contributed by atoms with Gasteiger partial charge in [0.15, 0.2) is 0 Å². The second-order valence-electron chi connectivity index (χ2n) is 4.76. The van der Waals surface area contributed by atoms with E-state index in [1.807, 2.05) is 13.1 Å². The predicted octanol–water partition coefficient (Wildman–Crippen LogP) is 3.11. The molecule has 3 rings (SSSR count). The number of hydrogen-bond acceptors (Lipinski definition) is 4. The van der Waals surface area contributed by atoms with Crippen LogP contribution in [0.15, 0.2) is 18.3 Å². The third-order valence-electron chi connectivity index (χ3n) is 3.65.